The fourth-order valence-corrected chi connectivity index (χ4v) is 2.53. The van der Waals surface area contributed by atoms with Gasteiger partial charge in [-0.1, -0.05) is 5.92 Å². The average Bonchev–Trinajstić information content (AvgIpc) is 2.99. The molecule has 1 amide bonds. The molecule has 0 unspecified atom stereocenters. The summed E-state index contributed by atoms with van der Waals surface area (Å²) in [6.07, 6.45) is 7.75. The Labute approximate surface area is 154 Å². The van der Waals surface area contributed by atoms with Gasteiger partial charge in [0.15, 0.2) is 16.7 Å². The molecule has 1 aliphatic heterocycles. The van der Waals surface area contributed by atoms with Crippen LogP contribution in [-0.2, 0) is 14.3 Å². The van der Waals surface area contributed by atoms with E-state index in [1.54, 1.807) is 18.2 Å². The van der Waals surface area contributed by atoms with Gasteiger partial charge in [0.05, 0.1) is 25.3 Å². The van der Waals surface area contributed by atoms with E-state index in [2.05, 4.69) is 26.2 Å². The maximum absolute atomic E-state index is 11.7. The van der Waals surface area contributed by atoms with Gasteiger partial charge in [0.25, 0.3) is 5.91 Å². The minimum atomic E-state index is -0.620. The lowest BCUT2D eigenvalue weighted by Gasteiger charge is -2.08. The van der Waals surface area contributed by atoms with Gasteiger partial charge in [-0.15, -0.1) is 11.5 Å². The molecule has 26 heavy (non-hydrogen) atoms. The van der Waals surface area contributed by atoms with Crippen molar-refractivity contribution in [2.45, 2.75) is 0 Å². The van der Waals surface area contributed by atoms with Crippen molar-refractivity contribution in [2.75, 3.05) is 20.8 Å². The average molecular weight is 373 g/mol. The molecule has 1 aromatic rings. The van der Waals surface area contributed by atoms with Crippen LogP contribution in [0.1, 0.15) is 5.56 Å². The predicted molar refractivity (Wildman–Crippen MR) is 98.2 cm³/mol. The maximum atomic E-state index is 11.7. The zero-order valence-corrected chi connectivity index (χ0v) is 14.8. The van der Waals surface area contributed by atoms with E-state index >= 15 is 0 Å². The number of nitrogens with one attached hydrogen (secondary N) is 1. The van der Waals surface area contributed by atoms with Gasteiger partial charge < -0.3 is 14.2 Å². The van der Waals surface area contributed by atoms with Crippen molar-refractivity contribution in [1.82, 2.24) is 5.32 Å². The Morgan fingerprint density at radius 1 is 1.38 bits per heavy atom. The molecule has 0 spiro atoms. The number of hydrogen-bond acceptors (Lipinski definition) is 8. The molecule has 1 aromatic carbocycles. The normalized spacial score (nSPS) is 16.6. The first-order valence-electron chi connectivity index (χ1n) is 7.21. The van der Waals surface area contributed by atoms with Crippen LogP contribution in [0.4, 0.5) is 0 Å². The summed E-state index contributed by atoms with van der Waals surface area (Å²) in [6, 6.07) is 5.17. The predicted octanol–water partition coefficient (Wildman–Crippen LogP) is 1.32. The number of ether oxygens (including phenoxy) is 3. The number of nitrogens with zero attached hydrogens (tertiary/aromatic N) is 2. The molecular weight excluding hydrogens is 358 g/mol. The van der Waals surface area contributed by atoms with Crippen molar-refractivity contribution in [3.8, 4) is 23.8 Å². The molecule has 134 valence electrons. The molecule has 0 atom stereocenters. The number of hydrogen-bond donors (Lipinski definition) is 1. The lowest BCUT2D eigenvalue weighted by Crippen LogP contribution is -2.19. The maximum Gasteiger partial charge on any atom is 0.331 e. The van der Waals surface area contributed by atoms with Gasteiger partial charge in [0.1, 0.15) is 6.61 Å². The number of amidine groups is 1. The minimum absolute atomic E-state index is 0.108. The van der Waals surface area contributed by atoms with Gasteiger partial charge in [-0.25, -0.2) is 4.79 Å². The van der Waals surface area contributed by atoms with Crippen LogP contribution < -0.4 is 14.8 Å². The highest BCUT2D eigenvalue weighted by Gasteiger charge is 2.24. The molecule has 0 saturated carbocycles. The molecule has 0 radical (unpaired) electrons. The first kappa shape index (κ1) is 19.1. The fraction of sp³-hybridized carbons (Fsp3) is 0.176. The summed E-state index contributed by atoms with van der Waals surface area (Å²) in [5.74, 6) is 2.34. The van der Waals surface area contributed by atoms with Crippen molar-refractivity contribution >= 4 is 35.0 Å². The highest BCUT2D eigenvalue weighted by atomic mass is 32.2. The monoisotopic (exact) mass is 373 g/mol. The molecule has 0 aliphatic carbocycles. The number of benzene rings is 1. The SMILES string of the molecule is C#CCOc1cc(C=N/N=C2/NC(=O)/C(=C\C(=O)OC)S2)ccc1OC. The number of esters is 1. The molecule has 1 aliphatic rings. The van der Waals surface area contributed by atoms with Crippen LogP contribution in [0.5, 0.6) is 11.5 Å². The molecule has 1 heterocycles. The van der Waals surface area contributed by atoms with Crippen LogP contribution in [0.15, 0.2) is 39.4 Å². The molecule has 9 heteroatoms. The second-order valence-electron chi connectivity index (χ2n) is 4.64. The number of methoxy groups -OCH3 is 2. The Morgan fingerprint density at radius 2 is 2.19 bits per heavy atom. The number of terminal acetylenes is 1. The lowest BCUT2D eigenvalue weighted by atomic mass is 10.2. The number of thioether (sulfide) groups is 1. The van der Waals surface area contributed by atoms with Crippen LogP contribution in [-0.4, -0.2) is 44.1 Å². The Bertz CT molecular complexity index is 839. The van der Waals surface area contributed by atoms with Crippen molar-refractivity contribution in [3.05, 3.63) is 34.7 Å². The largest absolute Gasteiger partial charge is 0.493 e. The Hall–Kier alpha value is -3.25. The van der Waals surface area contributed by atoms with Gasteiger partial charge in [0.2, 0.25) is 0 Å². The van der Waals surface area contributed by atoms with Crippen LogP contribution in [0, 0.1) is 12.3 Å². The van der Waals surface area contributed by atoms with Crippen molar-refractivity contribution in [2.24, 2.45) is 10.2 Å². The highest BCUT2D eigenvalue weighted by Crippen LogP contribution is 2.27. The summed E-state index contributed by atoms with van der Waals surface area (Å²) in [5.41, 5.74) is 0.696. The van der Waals surface area contributed by atoms with Crippen LogP contribution in [0.25, 0.3) is 0 Å². The Kier molecular flexibility index (Phi) is 6.82. The molecule has 2 rings (SSSR count). The third-order valence-corrected chi connectivity index (χ3v) is 3.86. The van der Waals surface area contributed by atoms with Crippen LogP contribution in [0.2, 0.25) is 0 Å². The topological polar surface area (TPSA) is 98.6 Å². The van der Waals surface area contributed by atoms with E-state index in [9.17, 15) is 9.59 Å². The summed E-state index contributed by atoms with van der Waals surface area (Å²) in [5, 5.41) is 10.6. The third kappa shape index (κ3) is 5.12. The number of carbonyl (C=O) groups excluding carboxylic acids is 2. The molecule has 1 saturated heterocycles. The zero-order chi connectivity index (χ0) is 18.9. The van der Waals surface area contributed by atoms with Crippen LogP contribution in [0.3, 0.4) is 0 Å². The van der Waals surface area contributed by atoms with E-state index in [0.717, 1.165) is 17.8 Å². The first-order chi connectivity index (χ1) is 12.6. The van der Waals surface area contributed by atoms with Gasteiger partial charge in [-0.05, 0) is 35.5 Å². The summed E-state index contributed by atoms with van der Waals surface area (Å²) in [6.45, 7) is 0.108. The van der Waals surface area contributed by atoms with E-state index in [1.165, 1.54) is 20.4 Å². The van der Waals surface area contributed by atoms with Gasteiger partial charge >= 0.3 is 5.97 Å². The van der Waals surface area contributed by atoms with E-state index in [-0.39, 0.29) is 16.7 Å². The van der Waals surface area contributed by atoms with Crippen molar-refractivity contribution in [1.29, 1.82) is 0 Å². The van der Waals surface area contributed by atoms with E-state index in [0.29, 0.717) is 17.1 Å². The Morgan fingerprint density at radius 3 is 2.88 bits per heavy atom. The molecule has 0 aromatic heterocycles. The van der Waals surface area contributed by atoms with Crippen molar-refractivity contribution in [3.63, 3.8) is 0 Å². The van der Waals surface area contributed by atoms with E-state index in [1.807, 2.05) is 0 Å². The van der Waals surface area contributed by atoms with E-state index < -0.39 is 11.9 Å². The summed E-state index contributed by atoms with van der Waals surface area (Å²) >= 11 is 0.987. The number of carbonyl (C=O) groups is 2. The molecule has 8 nitrogen and oxygen atoms in total. The van der Waals surface area contributed by atoms with E-state index in [4.69, 9.17) is 15.9 Å². The number of amides is 1. The summed E-state index contributed by atoms with van der Waals surface area (Å²) < 4.78 is 15.1. The smallest absolute Gasteiger partial charge is 0.331 e. The van der Waals surface area contributed by atoms with Gasteiger partial charge in [0, 0.05) is 6.08 Å². The van der Waals surface area contributed by atoms with Gasteiger partial charge in [-0.2, -0.15) is 5.10 Å². The van der Waals surface area contributed by atoms with Gasteiger partial charge in [-0.3, -0.25) is 10.1 Å². The molecular formula is C17H15N3O5S. The first-order valence-corrected chi connectivity index (χ1v) is 8.03. The Balaban J connectivity index is 2.09. The zero-order valence-electron chi connectivity index (χ0n) is 14.0. The standard InChI is InChI=1S/C17H15N3O5S/c1-4-7-25-13-8-11(5-6-12(13)23-2)10-18-20-17-19-16(22)14(26-17)9-15(21)24-3/h1,5-6,8-10H,7H2,2-3H3,(H,19,20,22)/b14-9+,18-10?. The third-order valence-electron chi connectivity index (χ3n) is 2.96. The molecule has 0 bridgehead atoms. The fourth-order valence-electron chi connectivity index (χ4n) is 1.79. The summed E-state index contributed by atoms with van der Waals surface area (Å²) in [4.78, 5) is 23.1. The lowest BCUT2D eigenvalue weighted by molar-refractivity contribution is -0.135. The minimum Gasteiger partial charge on any atom is -0.493 e. The van der Waals surface area contributed by atoms with Crippen molar-refractivity contribution < 1.29 is 23.8 Å². The van der Waals surface area contributed by atoms with Crippen LogP contribution >= 0.6 is 11.8 Å². The highest BCUT2D eigenvalue weighted by molar-refractivity contribution is 8.18. The second kappa shape index (κ2) is 9.29. The molecule has 1 N–H and O–H groups in total. The molecule has 1 fully saturated rings. The quantitative estimate of drug-likeness (QED) is 0.265. The summed E-state index contributed by atoms with van der Waals surface area (Å²) in [7, 11) is 2.75. The number of rotatable bonds is 6. The second-order valence-corrected chi connectivity index (χ2v) is 5.67.